The summed E-state index contributed by atoms with van der Waals surface area (Å²) in [6, 6.07) is 19.5. The van der Waals surface area contributed by atoms with Gasteiger partial charge in [0.05, 0.1) is 19.6 Å². The lowest BCUT2D eigenvalue weighted by Gasteiger charge is -2.37. The Labute approximate surface area is 141 Å². The van der Waals surface area contributed by atoms with E-state index < -0.39 is 0 Å². The summed E-state index contributed by atoms with van der Waals surface area (Å²) in [5, 5.41) is 3.56. The molecule has 0 aliphatic rings. The van der Waals surface area contributed by atoms with Gasteiger partial charge in [-0.15, -0.1) is 0 Å². The van der Waals surface area contributed by atoms with Gasteiger partial charge in [0, 0.05) is 24.2 Å². The van der Waals surface area contributed by atoms with Crippen molar-refractivity contribution in [3.8, 4) is 0 Å². The summed E-state index contributed by atoms with van der Waals surface area (Å²) in [5.41, 5.74) is 3.99. The quantitative estimate of drug-likeness (QED) is 0.515. The van der Waals surface area contributed by atoms with Crippen LogP contribution >= 0.6 is 0 Å². The van der Waals surface area contributed by atoms with Gasteiger partial charge >= 0.3 is 0 Å². The third-order valence-corrected chi connectivity index (χ3v) is 4.86. The predicted octanol–water partition coefficient (Wildman–Crippen LogP) is 4.85. The second kappa shape index (κ2) is 8.73. The minimum atomic E-state index is 1.04. The molecule has 0 heterocycles. The van der Waals surface area contributed by atoms with Gasteiger partial charge in [0.25, 0.3) is 0 Å². The van der Waals surface area contributed by atoms with E-state index in [9.17, 15) is 0 Å². The molecule has 0 aliphatic carbocycles. The van der Waals surface area contributed by atoms with Gasteiger partial charge in [0.15, 0.2) is 0 Å². The molecule has 0 amide bonds. The highest BCUT2D eigenvalue weighted by molar-refractivity contribution is 5.45. The van der Waals surface area contributed by atoms with Crippen LogP contribution in [-0.4, -0.2) is 30.7 Å². The van der Waals surface area contributed by atoms with Crippen molar-refractivity contribution in [1.82, 2.24) is 0 Å². The molecule has 2 heteroatoms. The van der Waals surface area contributed by atoms with E-state index in [1.807, 2.05) is 0 Å². The van der Waals surface area contributed by atoms with E-state index in [1.165, 1.54) is 47.4 Å². The summed E-state index contributed by atoms with van der Waals surface area (Å²) in [7, 11) is 0. The van der Waals surface area contributed by atoms with Gasteiger partial charge in [0.2, 0.25) is 0 Å². The topological polar surface area (TPSA) is 12.0 Å². The highest BCUT2D eigenvalue weighted by Gasteiger charge is 2.22. The van der Waals surface area contributed by atoms with E-state index in [-0.39, 0.29) is 0 Å². The van der Waals surface area contributed by atoms with Crippen molar-refractivity contribution < 1.29 is 4.48 Å². The second-order valence-electron chi connectivity index (χ2n) is 6.49. The van der Waals surface area contributed by atoms with E-state index in [0.717, 1.165) is 13.1 Å². The van der Waals surface area contributed by atoms with Gasteiger partial charge in [0.1, 0.15) is 6.54 Å². The van der Waals surface area contributed by atoms with Gasteiger partial charge in [-0.1, -0.05) is 42.5 Å². The zero-order valence-corrected chi connectivity index (χ0v) is 14.9. The van der Waals surface area contributed by atoms with Crippen LogP contribution in [0.15, 0.2) is 54.6 Å². The largest absolute Gasteiger partial charge is 0.385 e. The first kappa shape index (κ1) is 17.6. The number of hydrogen-bond donors (Lipinski definition) is 1. The molecule has 2 aromatic rings. The third kappa shape index (κ3) is 5.40. The van der Waals surface area contributed by atoms with Crippen LogP contribution in [-0.2, 0) is 6.54 Å². The molecule has 2 aromatic carbocycles. The molecular weight excluding hydrogens is 280 g/mol. The van der Waals surface area contributed by atoms with Gasteiger partial charge in [-0.2, -0.15) is 0 Å². The van der Waals surface area contributed by atoms with Crippen LogP contribution in [0.5, 0.6) is 0 Å². The number of anilines is 1. The summed E-state index contributed by atoms with van der Waals surface area (Å²) >= 11 is 0. The number of aryl methyl sites for hydroxylation is 1. The standard InChI is InChI=1S/C21H31N2/c1-4-23(5-2,18-20-12-7-6-8-13-20)16-10-15-22-21-14-9-11-19(3)17-21/h6-9,11-14,17,22H,4-5,10,15-16,18H2,1-3H3/q+1. The maximum absolute atomic E-state index is 3.56. The van der Waals surface area contributed by atoms with Crippen molar-refractivity contribution in [1.29, 1.82) is 0 Å². The molecule has 0 atom stereocenters. The normalized spacial score (nSPS) is 11.4. The Balaban J connectivity index is 1.86. The molecule has 0 bridgehead atoms. The molecule has 0 saturated heterocycles. The fraction of sp³-hybridized carbons (Fsp3) is 0.429. The lowest BCUT2D eigenvalue weighted by atomic mass is 10.1. The van der Waals surface area contributed by atoms with Gasteiger partial charge in [-0.25, -0.2) is 0 Å². The molecule has 2 rings (SSSR count). The van der Waals surface area contributed by atoms with Crippen molar-refractivity contribution in [2.45, 2.75) is 33.7 Å². The smallest absolute Gasteiger partial charge is 0.104 e. The van der Waals surface area contributed by atoms with Crippen LogP contribution in [0, 0.1) is 6.92 Å². The first-order valence-corrected chi connectivity index (χ1v) is 8.87. The molecule has 0 unspecified atom stereocenters. The van der Waals surface area contributed by atoms with Crippen LogP contribution in [0.25, 0.3) is 0 Å². The van der Waals surface area contributed by atoms with Crippen molar-refractivity contribution in [3.05, 3.63) is 65.7 Å². The second-order valence-corrected chi connectivity index (χ2v) is 6.49. The molecule has 0 aliphatic heterocycles. The summed E-state index contributed by atoms with van der Waals surface area (Å²) in [6.07, 6.45) is 1.20. The molecule has 23 heavy (non-hydrogen) atoms. The molecule has 2 nitrogen and oxygen atoms in total. The van der Waals surface area contributed by atoms with Crippen LogP contribution in [0.2, 0.25) is 0 Å². The molecule has 1 N–H and O–H groups in total. The third-order valence-electron chi connectivity index (χ3n) is 4.86. The fourth-order valence-electron chi connectivity index (χ4n) is 3.22. The highest BCUT2D eigenvalue weighted by atomic mass is 15.3. The summed E-state index contributed by atoms with van der Waals surface area (Å²) in [6.45, 7) is 12.6. The van der Waals surface area contributed by atoms with Crippen molar-refractivity contribution >= 4 is 5.69 Å². The number of quaternary nitrogens is 1. The Morgan fingerprint density at radius 2 is 1.65 bits per heavy atom. The highest BCUT2D eigenvalue weighted by Crippen LogP contribution is 2.16. The Morgan fingerprint density at radius 3 is 2.30 bits per heavy atom. The first-order chi connectivity index (χ1) is 11.2. The molecular formula is C21H31N2+. The SMILES string of the molecule is CC[N+](CC)(CCCNc1cccc(C)c1)Cc1ccccc1. The fourth-order valence-corrected chi connectivity index (χ4v) is 3.22. The lowest BCUT2D eigenvalue weighted by Crippen LogP contribution is -2.48. The number of rotatable bonds is 9. The lowest BCUT2D eigenvalue weighted by molar-refractivity contribution is -0.937. The van der Waals surface area contributed by atoms with Crippen LogP contribution in [0.4, 0.5) is 5.69 Å². The number of nitrogens with zero attached hydrogens (tertiary/aromatic N) is 1. The average Bonchev–Trinajstić information content (AvgIpc) is 2.59. The minimum Gasteiger partial charge on any atom is -0.385 e. The van der Waals surface area contributed by atoms with Crippen molar-refractivity contribution in [3.63, 3.8) is 0 Å². The molecule has 0 fully saturated rings. The van der Waals surface area contributed by atoms with Crippen LogP contribution < -0.4 is 5.32 Å². The first-order valence-electron chi connectivity index (χ1n) is 8.87. The molecule has 0 radical (unpaired) electrons. The summed E-state index contributed by atoms with van der Waals surface area (Å²) in [5.74, 6) is 0. The maximum Gasteiger partial charge on any atom is 0.104 e. The average molecular weight is 311 g/mol. The van der Waals surface area contributed by atoms with Crippen LogP contribution in [0.1, 0.15) is 31.4 Å². The summed E-state index contributed by atoms with van der Waals surface area (Å²) < 4.78 is 1.17. The Kier molecular flexibility index (Phi) is 6.66. The van der Waals surface area contributed by atoms with Crippen molar-refractivity contribution in [2.75, 3.05) is 31.5 Å². The van der Waals surface area contributed by atoms with Gasteiger partial charge < -0.3 is 9.80 Å². The van der Waals surface area contributed by atoms with E-state index in [0.29, 0.717) is 0 Å². The minimum absolute atomic E-state index is 1.04. The van der Waals surface area contributed by atoms with Crippen LogP contribution in [0.3, 0.4) is 0 Å². The number of benzene rings is 2. The number of hydrogen-bond acceptors (Lipinski definition) is 1. The van der Waals surface area contributed by atoms with Gasteiger partial charge in [-0.3, -0.25) is 0 Å². The Hall–Kier alpha value is -1.80. The van der Waals surface area contributed by atoms with E-state index in [4.69, 9.17) is 0 Å². The Morgan fingerprint density at radius 1 is 0.913 bits per heavy atom. The van der Waals surface area contributed by atoms with Crippen molar-refractivity contribution in [2.24, 2.45) is 0 Å². The monoisotopic (exact) mass is 311 g/mol. The van der Waals surface area contributed by atoms with E-state index in [2.05, 4.69) is 80.7 Å². The molecule has 124 valence electrons. The van der Waals surface area contributed by atoms with E-state index in [1.54, 1.807) is 0 Å². The maximum atomic E-state index is 3.56. The zero-order valence-electron chi connectivity index (χ0n) is 14.9. The molecule has 0 spiro atoms. The Bertz CT molecular complexity index is 573. The summed E-state index contributed by atoms with van der Waals surface area (Å²) in [4.78, 5) is 0. The predicted molar refractivity (Wildman–Crippen MR) is 101 cm³/mol. The molecule has 0 saturated carbocycles. The van der Waals surface area contributed by atoms with Gasteiger partial charge in [-0.05, 0) is 38.5 Å². The molecule has 0 aromatic heterocycles. The number of nitrogens with one attached hydrogen (secondary N) is 1. The zero-order chi connectivity index (χ0) is 16.5. The van der Waals surface area contributed by atoms with E-state index >= 15 is 0 Å².